The van der Waals surface area contributed by atoms with E-state index in [9.17, 15) is 0 Å². The molecule has 0 heteroatoms. The van der Waals surface area contributed by atoms with E-state index in [0.29, 0.717) is 0 Å². The Morgan fingerprint density at radius 3 is 2.20 bits per heavy atom. The van der Waals surface area contributed by atoms with Crippen molar-refractivity contribution in [3.63, 3.8) is 0 Å². The molecule has 0 rings (SSSR count). The highest BCUT2D eigenvalue weighted by atomic mass is 13.8. The number of allylic oxidation sites excluding steroid dienone is 6. The second-order valence-electron chi connectivity index (χ2n) is 1.61. The molecule has 0 N–H and O–H groups in total. The molecule has 0 saturated carbocycles. The van der Waals surface area contributed by atoms with E-state index in [-0.39, 0.29) is 7.43 Å². The van der Waals surface area contributed by atoms with Crippen molar-refractivity contribution in [1.82, 2.24) is 0 Å². The van der Waals surface area contributed by atoms with Gasteiger partial charge in [-0.2, -0.15) is 0 Å². The maximum atomic E-state index is 3.63. The summed E-state index contributed by atoms with van der Waals surface area (Å²) in [5.74, 6) is 0. The van der Waals surface area contributed by atoms with Gasteiger partial charge in [0.2, 0.25) is 0 Å². The van der Waals surface area contributed by atoms with Crippen LogP contribution in [-0.4, -0.2) is 0 Å². The summed E-state index contributed by atoms with van der Waals surface area (Å²) < 4.78 is 0. The zero-order valence-corrected chi connectivity index (χ0v) is 5.80. The molecule has 0 aromatic carbocycles. The van der Waals surface area contributed by atoms with E-state index >= 15 is 0 Å². The molecule has 0 aromatic rings. The summed E-state index contributed by atoms with van der Waals surface area (Å²) in [6, 6.07) is 0. The maximum absolute atomic E-state index is 3.63. The van der Waals surface area contributed by atoms with Crippen LogP contribution >= 0.6 is 0 Å². The maximum Gasteiger partial charge on any atom is -0.0266 e. The molecule has 0 saturated heterocycles. The summed E-state index contributed by atoms with van der Waals surface area (Å²) in [7, 11) is 0. The Bertz CT molecular complexity index is 147. The standard InChI is InChI=1S/C9H12.CH4/c1-4-7-9(6-3)8-5-2;/h4-8H,1,3H2,2H3;1H4/b8-5-,9-7-;. The van der Waals surface area contributed by atoms with Crippen LogP contribution in [0, 0.1) is 0 Å². The van der Waals surface area contributed by atoms with Gasteiger partial charge in [-0.1, -0.05) is 51.0 Å². The minimum absolute atomic E-state index is 0. The van der Waals surface area contributed by atoms with Gasteiger partial charge >= 0.3 is 0 Å². The average molecular weight is 136 g/mol. The van der Waals surface area contributed by atoms with E-state index in [1.54, 1.807) is 12.2 Å². The molecule has 0 radical (unpaired) electrons. The quantitative estimate of drug-likeness (QED) is 0.521. The van der Waals surface area contributed by atoms with Crippen molar-refractivity contribution in [3.8, 4) is 0 Å². The molecule has 56 valence electrons. The minimum atomic E-state index is 0. The predicted molar refractivity (Wildman–Crippen MR) is 50.0 cm³/mol. The van der Waals surface area contributed by atoms with Gasteiger partial charge in [0.15, 0.2) is 0 Å². The topological polar surface area (TPSA) is 0 Å². The molecule has 0 aliphatic rings. The summed E-state index contributed by atoms with van der Waals surface area (Å²) in [5, 5.41) is 0. The molecule has 10 heavy (non-hydrogen) atoms. The van der Waals surface area contributed by atoms with E-state index in [0.717, 1.165) is 5.57 Å². The lowest BCUT2D eigenvalue weighted by atomic mass is 10.2. The molecule has 0 aromatic heterocycles. The van der Waals surface area contributed by atoms with Gasteiger partial charge in [-0.25, -0.2) is 0 Å². The molecule has 0 unspecified atom stereocenters. The normalized spacial score (nSPS) is 10.7. The van der Waals surface area contributed by atoms with Crippen LogP contribution in [0.3, 0.4) is 0 Å². The molecule has 0 spiro atoms. The van der Waals surface area contributed by atoms with Crippen LogP contribution in [0.4, 0.5) is 0 Å². The summed E-state index contributed by atoms with van der Waals surface area (Å²) in [4.78, 5) is 0. The Morgan fingerprint density at radius 2 is 1.90 bits per heavy atom. The predicted octanol–water partition coefficient (Wildman–Crippen LogP) is 3.50. The Kier molecular flexibility index (Phi) is 9.33. The summed E-state index contributed by atoms with van der Waals surface area (Å²) >= 11 is 0. The van der Waals surface area contributed by atoms with Crippen LogP contribution in [0.1, 0.15) is 14.4 Å². The van der Waals surface area contributed by atoms with Gasteiger partial charge in [0, 0.05) is 0 Å². The smallest absolute Gasteiger partial charge is 0.0266 e. The van der Waals surface area contributed by atoms with Gasteiger partial charge in [0.25, 0.3) is 0 Å². The minimum Gasteiger partial charge on any atom is -0.0990 e. The van der Waals surface area contributed by atoms with Crippen molar-refractivity contribution in [2.75, 3.05) is 0 Å². The summed E-state index contributed by atoms with van der Waals surface area (Å²) in [6.07, 6.45) is 9.40. The van der Waals surface area contributed by atoms with Crippen LogP contribution in [0.25, 0.3) is 0 Å². The van der Waals surface area contributed by atoms with Crippen molar-refractivity contribution < 1.29 is 0 Å². The van der Waals surface area contributed by atoms with E-state index < -0.39 is 0 Å². The zero-order chi connectivity index (χ0) is 7.11. The van der Waals surface area contributed by atoms with E-state index in [2.05, 4.69) is 13.2 Å². The Balaban J connectivity index is 0. The van der Waals surface area contributed by atoms with Crippen LogP contribution in [0.15, 0.2) is 49.1 Å². The lowest BCUT2D eigenvalue weighted by Crippen LogP contribution is -1.65. The Hall–Kier alpha value is -1.04. The molecule has 0 amide bonds. The molecule has 0 heterocycles. The highest BCUT2D eigenvalue weighted by Crippen LogP contribution is 1.96. The van der Waals surface area contributed by atoms with Crippen molar-refractivity contribution >= 4 is 0 Å². The van der Waals surface area contributed by atoms with Gasteiger partial charge in [-0.15, -0.1) is 0 Å². The van der Waals surface area contributed by atoms with E-state index in [4.69, 9.17) is 0 Å². The van der Waals surface area contributed by atoms with Gasteiger partial charge in [0.05, 0.1) is 0 Å². The molecule has 0 nitrogen and oxygen atoms in total. The summed E-state index contributed by atoms with van der Waals surface area (Å²) in [5.41, 5.74) is 1.09. The first-order valence-electron chi connectivity index (χ1n) is 2.93. The third-order valence-corrected chi connectivity index (χ3v) is 0.905. The summed E-state index contributed by atoms with van der Waals surface area (Å²) in [6.45, 7) is 9.18. The molecular formula is C10H16. The SMILES string of the molecule is C.C=C/C=C(C=C)\C=C/C. The van der Waals surface area contributed by atoms with Gasteiger partial charge < -0.3 is 0 Å². The number of hydrogen-bond donors (Lipinski definition) is 0. The molecule has 0 aliphatic carbocycles. The van der Waals surface area contributed by atoms with E-state index in [1.165, 1.54) is 0 Å². The van der Waals surface area contributed by atoms with Crippen molar-refractivity contribution in [2.24, 2.45) is 0 Å². The Morgan fingerprint density at radius 1 is 1.30 bits per heavy atom. The van der Waals surface area contributed by atoms with Gasteiger partial charge in [-0.05, 0) is 12.5 Å². The second kappa shape index (κ2) is 7.96. The third-order valence-electron chi connectivity index (χ3n) is 0.905. The second-order valence-corrected chi connectivity index (χ2v) is 1.61. The van der Waals surface area contributed by atoms with Crippen molar-refractivity contribution in [1.29, 1.82) is 0 Å². The molecule has 0 bridgehead atoms. The fourth-order valence-corrected chi connectivity index (χ4v) is 0.520. The fourth-order valence-electron chi connectivity index (χ4n) is 0.520. The van der Waals surface area contributed by atoms with Crippen LogP contribution < -0.4 is 0 Å². The van der Waals surface area contributed by atoms with Crippen LogP contribution in [0.2, 0.25) is 0 Å². The molecular weight excluding hydrogens is 120 g/mol. The monoisotopic (exact) mass is 136 g/mol. The fraction of sp³-hybridized carbons (Fsp3) is 0.200. The third kappa shape index (κ3) is 5.10. The molecule has 0 aliphatic heterocycles. The van der Waals surface area contributed by atoms with Crippen LogP contribution in [-0.2, 0) is 0 Å². The van der Waals surface area contributed by atoms with Gasteiger partial charge in [0.1, 0.15) is 0 Å². The highest BCUT2D eigenvalue weighted by Gasteiger charge is 1.76. The molecule has 0 atom stereocenters. The van der Waals surface area contributed by atoms with Crippen molar-refractivity contribution in [3.05, 3.63) is 49.1 Å². The first-order chi connectivity index (χ1) is 4.35. The van der Waals surface area contributed by atoms with Crippen molar-refractivity contribution in [2.45, 2.75) is 14.4 Å². The zero-order valence-electron chi connectivity index (χ0n) is 5.80. The number of rotatable bonds is 3. The van der Waals surface area contributed by atoms with Crippen LogP contribution in [0.5, 0.6) is 0 Å². The molecule has 0 fully saturated rings. The average Bonchev–Trinajstić information content (AvgIpc) is 1.88. The number of hydrogen-bond acceptors (Lipinski definition) is 0. The first kappa shape index (κ1) is 11.7. The van der Waals surface area contributed by atoms with Gasteiger partial charge in [-0.3, -0.25) is 0 Å². The largest absolute Gasteiger partial charge is 0.0990 e. The lowest BCUT2D eigenvalue weighted by molar-refractivity contribution is 1.64. The van der Waals surface area contributed by atoms with E-state index in [1.807, 2.05) is 25.2 Å². The Labute approximate surface area is 64.3 Å². The highest BCUT2D eigenvalue weighted by molar-refractivity contribution is 5.31. The lowest BCUT2D eigenvalue weighted by Gasteiger charge is -1.85. The first-order valence-corrected chi connectivity index (χ1v) is 2.93.